The largest absolute Gasteiger partial charge is 0.497 e. The third kappa shape index (κ3) is 3.01. The van der Waals surface area contributed by atoms with Gasteiger partial charge >= 0.3 is 0 Å². The van der Waals surface area contributed by atoms with Crippen molar-refractivity contribution in [2.24, 2.45) is 0 Å². The Morgan fingerprint density at radius 1 is 1.00 bits per heavy atom. The Hall–Kier alpha value is -2.06. The summed E-state index contributed by atoms with van der Waals surface area (Å²) in [5, 5.41) is 1.69. The lowest BCUT2D eigenvalue weighted by Gasteiger charge is -2.07. The van der Waals surface area contributed by atoms with E-state index in [9.17, 15) is 0 Å². The van der Waals surface area contributed by atoms with Gasteiger partial charge in [-0.25, -0.2) is 4.98 Å². The number of nitrogens with zero attached hydrogens (tertiary/aromatic N) is 1. The summed E-state index contributed by atoms with van der Waals surface area (Å²) in [4.78, 5) is 4.41. The number of rotatable bonds is 3. The molecule has 0 saturated heterocycles. The molecule has 0 aliphatic heterocycles. The molecular weight excluding hydrogens is 282 g/mol. The summed E-state index contributed by atoms with van der Waals surface area (Å²) in [5.74, 6) is 0.876. The summed E-state index contributed by atoms with van der Waals surface area (Å²) in [7, 11) is 1.68. The highest BCUT2D eigenvalue weighted by atomic mass is 35.5. The second-order valence-corrected chi connectivity index (χ2v) is 5.53. The molecule has 0 aliphatic carbocycles. The lowest BCUT2D eigenvalue weighted by Crippen LogP contribution is -1.91. The molecule has 0 fully saturated rings. The maximum Gasteiger partial charge on any atom is 0.130 e. The highest BCUT2D eigenvalue weighted by Crippen LogP contribution is 2.23. The molecule has 3 rings (SSSR count). The first-order valence-electron chi connectivity index (χ1n) is 6.84. The van der Waals surface area contributed by atoms with Crippen LogP contribution in [0.3, 0.4) is 0 Å². The van der Waals surface area contributed by atoms with Crippen LogP contribution in [0.4, 0.5) is 0 Å². The Morgan fingerprint density at radius 3 is 2.43 bits per heavy atom. The summed E-state index contributed by atoms with van der Waals surface area (Å²) in [5.41, 5.74) is 4.57. The zero-order valence-electron chi connectivity index (χ0n) is 12.1. The molecule has 0 aliphatic rings. The predicted octanol–water partition coefficient (Wildman–Crippen LogP) is 4.80. The van der Waals surface area contributed by atoms with Crippen molar-refractivity contribution in [1.29, 1.82) is 0 Å². The molecule has 0 radical (unpaired) electrons. The Labute approximate surface area is 129 Å². The quantitative estimate of drug-likeness (QED) is 0.648. The van der Waals surface area contributed by atoms with Gasteiger partial charge in [-0.3, -0.25) is 0 Å². The fourth-order valence-electron chi connectivity index (χ4n) is 2.50. The molecule has 0 atom stereocenters. The van der Waals surface area contributed by atoms with E-state index in [1.165, 1.54) is 11.1 Å². The van der Waals surface area contributed by atoms with Crippen LogP contribution in [-0.4, -0.2) is 12.1 Å². The van der Waals surface area contributed by atoms with Crippen LogP contribution in [0.2, 0.25) is 5.15 Å². The third-order valence-electron chi connectivity index (χ3n) is 3.62. The highest BCUT2D eigenvalue weighted by Gasteiger charge is 2.04. The SMILES string of the molecule is COc1ccc(Cc2ccc3c(C)cc(Cl)nc3c2)cc1. The molecule has 1 aromatic heterocycles. The number of benzene rings is 2. The van der Waals surface area contributed by atoms with E-state index in [-0.39, 0.29) is 0 Å². The van der Waals surface area contributed by atoms with Crippen LogP contribution in [0.25, 0.3) is 10.9 Å². The van der Waals surface area contributed by atoms with Gasteiger partial charge in [-0.15, -0.1) is 0 Å². The minimum Gasteiger partial charge on any atom is -0.497 e. The number of ether oxygens (including phenoxy) is 1. The van der Waals surface area contributed by atoms with E-state index in [1.54, 1.807) is 7.11 Å². The maximum atomic E-state index is 6.04. The molecule has 0 unspecified atom stereocenters. The fourth-order valence-corrected chi connectivity index (χ4v) is 2.75. The van der Waals surface area contributed by atoms with Gasteiger partial charge in [-0.2, -0.15) is 0 Å². The van der Waals surface area contributed by atoms with Crippen LogP contribution in [0, 0.1) is 6.92 Å². The van der Waals surface area contributed by atoms with Crippen LogP contribution in [0.5, 0.6) is 5.75 Å². The van der Waals surface area contributed by atoms with Crippen LogP contribution >= 0.6 is 11.6 Å². The van der Waals surface area contributed by atoms with Crippen molar-refractivity contribution in [2.75, 3.05) is 7.11 Å². The summed E-state index contributed by atoms with van der Waals surface area (Å²) in [6, 6.07) is 16.4. The first kappa shape index (κ1) is 13.9. The molecule has 0 saturated carbocycles. The van der Waals surface area contributed by atoms with Gasteiger partial charge < -0.3 is 4.74 Å². The van der Waals surface area contributed by atoms with Gasteiger partial charge in [0.15, 0.2) is 0 Å². The number of pyridine rings is 1. The van der Waals surface area contributed by atoms with Gasteiger partial charge in [-0.1, -0.05) is 35.9 Å². The lowest BCUT2D eigenvalue weighted by atomic mass is 10.0. The van der Waals surface area contributed by atoms with Gasteiger partial charge in [0.05, 0.1) is 12.6 Å². The van der Waals surface area contributed by atoms with E-state index >= 15 is 0 Å². The molecule has 0 N–H and O–H groups in total. The van der Waals surface area contributed by atoms with Crippen molar-refractivity contribution in [1.82, 2.24) is 4.98 Å². The summed E-state index contributed by atoms with van der Waals surface area (Å²) >= 11 is 6.04. The number of aryl methyl sites for hydroxylation is 1. The number of halogens is 1. The smallest absolute Gasteiger partial charge is 0.130 e. The molecule has 21 heavy (non-hydrogen) atoms. The second-order valence-electron chi connectivity index (χ2n) is 5.14. The van der Waals surface area contributed by atoms with E-state index in [1.807, 2.05) is 18.2 Å². The first-order valence-corrected chi connectivity index (χ1v) is 7.22. The summed E-state index contributed by atoms with van der Waals surface area (Å²) in [6.45, 7) is 2.05. The minimum atomic E-state index is 0.543. The van der Waals surface area contributed by atoms with Crippen LogP contribution in [0.15, 0.2) is 48.5 Å². The van der Waals surface area contributed by atoms with Crippen molar-refractivity contribution < 1.29 is 4.74 Å². The fraction of sp³-hybridized carbons (Fsp3) is 0.167. The number of hydrogen-bond acceptors (Lipinski definition) is 2. The van der Waals surface area contributed by atoms with E-state index in [2.05, 4.69) is 42.2 Å². The van der Waals surface area contributed by atoms with Gasteiger partial charge in [0.2, 0.25) is 0 Å². The predicted molar refractivity (Wildman–Crippen MR) is 87.3 cm³/mol. The van der Waals surface area contributed by atoms with Crippen LogP contribution in [-0.2, 0) is 6.42 Å². The molecular formula is C18H16ClNO. The molecule has 106 valence electrons. The number of aromatic nitrogens is 1. The monoisotopic (exact) mass is 297 g/mol. The molecule has 0 spiro atoms. The second kappa shape index (κ2) is 5.74. The standard InChI is InChI=1S/C18H16ClNO/c1-12-9-18(19)20-17-11-14(5-8-16(12)17)10-13-3-6-15(21-2)7-4-13/h3-9,11H,10H2,1-2H3. The van der Waals surface area contributed by atoms with Gasteiger partial charge in [-0.05, 0) is 54.3 Å². The van der Waals surface area contributed by atoms with Crippen LogP contribution in [0.1, 0.15) is 16.7 Å². The zero-order valence-corrected chi connectivity index (χ0v) is 12.8. The average molecular weight is 298 g/mol. The Bertz CT molecular complexity index is 781. The Morgan fingerprint density at radius 2 is 1.71 bits per heavy atom. The molecule has 2 aromatic carbocycles. The van der Waals surface area contributed by atoms with Crippen molar-refractivity contribution >= 4 is 22.5 Å². The van der Waals surface area contributed by atoms with E-state index < -0.39 is 0 Å². The molecule has 3 heteroatoms. The van der Waals surface area contributed by atoms with Gasteiger partial charge in [0, 0.05) is 5.39 Å². The van der Waals surface area contributed by atoms with Crippen molar-refractivity contribution in [3.05, 3.63) is 70.4 Å². The molecule has 0 amide bonds. The lowest BCUT2D eigenvalue weighted by molar-refractivity contribution is 0.414. The Balaban J connectivity index is 1.93. The first-order chi connectivity index (χ1) is 10.2. The summed E-state index contributed by atoms with van der Waals surface area (Å²) in [6.07, 6.45) is 0.868. The number of fused-ring (bicyclic) bond motifs is 1. The topological polar surface area (TPSA) is 22.1 Å². The summed E-state index contributed by atoms with van der Waals surface area (Å²) < 4.78 is 5.18. The highest BCUT2D eigenvalue weighted by molar-refractivity contribution is 6.29. The van der Waals surface area contributed by atoms with Crippen molar-refractivity contribution in [2.45, 2.75) is 13.3 Å². The average Bonchev–Trinajstić information content (AvgIpc) is 2.47. The number of hydrogen-bond donors (Lipinski definition) is 0. The Kier molecular flexibility index (Phi) is 3.80. The molecule has 2 nitrogen and oxygen atoms in total. The normalized spacial score (nSPS) is 10.8. The number of methoxy groups -OCH3 is 1. The molecule has 1 heterocycles. The third-order valence-corrected chi connectivity index (χ3v) is 3.81. The minimum absolute atomic E-state index is 0.543. The maximum absolute atomic E-state index is 6.04. The van der Waals surface area contributed by atoms with Gasteiger partial charge in [0.1, 0.15) is 10.9 Å². The van der Waals surface area contributed by atoms with Crippen LogP contribution < -0.4 is 4.74 Å². The molecule has 3 aromatic rings. The van der Waals surface area contributed by atoms with Crippen molar-refractivity contribution in [3.63, 3.8) is 0 Å². The van der Waals surface area contributed by atoms with Gasteiger partial charge in [0.25, 0.3) is 0 Å². The van der Waals surface area contributed by atoms with E-state index in [0.717, 1.165) is 28.6 Å². The van der Waals surface area contributed by atoms with Crippen molar-refractivity contribution in [3.8, 4) is 5.75 Å². The molecule has 0 bridgehead atoms. The zero-order chi connectivity index (χ0) is 14.8. The van der Waals surface area contributed by atoms with E-state index in [0.29, 0.717) is 5.15 Å². The van der Waals surface area contributed by atoms with E-state index in [4.69, 9.17) is 16.3 Å².